The van der Waals surface area contributed by atoms with Crippen molar-refractivity contribution in [3.63, 3.8) is 0 Å². The molecule has 2 aromatic carbocycles. The molecule has 25 heavy (non-hydrogen) atoms. The van der Waals surface area contributed by atoms with Crippen LogP contribution in [0.3, 0.4) is 0 Å². The average Bonchev–Trinajstić information content (AvgIpc) is 3.07. The standard InChI is InChI=1S/C18H12Cl2N4O/c19-13-5-1-11(2-6-13)9-21-18-17-16(22-10-23-18)15(24-25-17)12-3-7-14(20)8-4-12/h1-8,10H,9H2,(H,21,22,23). The van der Waals surface area contributed by atoms with Crippen molar-refractivity contribution in [3.8, 4) is 11.3 Å². The molecule has 0 atom stereocenters. The van der Waals surface area contributed by atoms with Crippen LogP contribution in [0.4, 0.5) is 5.82 Å². The second-order valence-electron chi connectivity index (χ2n) is 5.42. The predicted octanol–water partition coefficient (Wildman–Crippen LogP) is 5.20. The lowest BCUT2D eigenvalue weighted by atomic mass is 10.1. The maximum Gasteiger partial charge on any atom is 0.228 e. The second kappa shape index (κ2) is 6.70. The van der Waals surface area contributed by atoms with Gasteiger partial charge in [-0.3, -0.25) is 0 Å². The van der Waals surface area contributed by atoms with E-state index in [1.807, 2.05) is 36.4 Å². The van der Waals surface area contributed by atoms with Gasteiger partial charge in [-0.15, -0.1) is 0 Å². The van der Waals surface area contributed by atoms with Gasteiger partial charge in [0, 0.05) is 22.2 Å². The summed E-state index contributed by atoms with van der Waals surface area (Å²) in [5.74, 6) is 0.590. The summed E-state index contributed by atoms with van der Waals surface area (Å²) in [6.45, 7) is 0.584. The SMILES string of the molecule is Clc1ccc(CNc2ncnc3c(-c4ccc(Cl)cc4)noc23)cc1. The third-order valence-electron chi connectivity index (χ3n) is 3.75. The van der Waals surface area contributed by atoms with Gasteiger partial charge < -0.3 is 9.84 Å². The molecule has 2 aromatic heterocycles. The normalized spacial score (nSPS) is 11.0. The van der Waals surface area contributed by atoms with E-state index in [1.54, 1.807) is 12.1 Å². The van der Waals surface area contributed by atoms with E-state index < -0.39 is 0 Å². The van der Waals surface area contributed by atoms with E-state index in [2.05, 4.69) is 20.4 Å². The lowest BCUT2D eigenvalue weighted by Crippen LogP contribution is -2.01. The molecular weight excluding hydrogens is 359 g/mol. The Morgan fingerprint density at radius 2 is 1.56 bits per heavy atom. The molecule has 7 heteroatoms. The molecule has 0 spiro atoms. The fraction of sp³-hybridized carbons (Fsp3) is 0.0556. The molecule has 0 amide bonds. The van der Waals surface area contributed by atoms with E-state index in [1.165, 1.54) is 6.33 Å². The number of benzene rings is 2. The molecule has 5 nitrogen and oxygen atoms in total. The van der Waals surface area contributed by atoms with Crippen molar-refractivity contribution < 1.29 is 4.52 Å². The first kappa shape index (κ1) is 15.9. The Morgan fingerprint density at radius 3 is 2.28 bits per heavy atom. The Hall–Kier alpha value is -2.63. The van der Waals surface area contributed by atoms with Gasteiger partial charge in [-0.1, -0.05) is 52.6 Å². The zero-order chi connectivity index (χ0) is 17.2. The molecule has 0 aliphatic carbocycles. The second-order valence-corrected chi connectivity index (χ2v) is 6.29. The van der Waals surface area contributed by atoms with Gasteiger partial charge in [0.05, 0.1) is 0 Å². The predicted molar refractivity (Wildman–Crippen MR) is 98.8 cm³/mol. The van der Waals surface area contributed by atoms with Crippen LogP contribution in [0.25, 0.3) is 22.4 Å². The molecule has 2 heterocycles. The highest BCUT2D eigenvalue weighted by Crippen LogP contribution is 2.30. The number of fused-ring (bicyclic) bond motifs is 1. The third kappa shape index (κ3) is 3.29. The Labute approximate surface area is 153 Å². The van der Waals surface area contributed by atoms with Crippen molar-refractivity contribution in [2.24, 2.45) is 0 Å². The number of hydrogen-bond acceptors (Lipinski definition) is 5. The summed E-state index contributed by atoms with van der Waals surface area (Å²) in [5, 5.41) is 8.76. The highest BCUT2D eigenvalue weighted by molar-refractivity contribution is 6.30. The van der Waals surface area contributed by atoms with E-state index in [4.69, 9.17) is 27.7 Å². The molecule has 0 unspecified atom stereocenters. The lowest BCUT2D eigenvalue weighted by molar-refractivity contribution is 0.459. The summed E-state index contributed by atoms with van der Waals surface area (Å²) >= 11 is 11.8. The fourth-order valence-electron chi connectivity index (χ4n) is 2.47. The van der Waals surface area contributed by atoms with E-state index in [9.17, 15) is 0 Å². The minimum absolute atomic E-state index is 0.515. The zero-order valence-corrected chi connectivity index (χ0v) is 14.4. The number of nitrogens with zero attached hydrogens (tertiary/aromatic N) is 3. The molecule has 0 fully saturated rings. The molecule has 0 bridgehead atoms. The summed E-state index contributed by atoms with van der Waals surface area (Å²) in [6.07, 6.45) is 1.49. The van der Waals surface area contributed by atoms with Gasteiger partial charge in [0.2, 0.25) is 5.58 Å². The van der Waals surface area contributed by atoms with Crippen LogP contribution in [-0.2, 0) is 6.54 Å². The average molecular weight is 371 g/mol. The monoisotopic (exact) mass is 370 g/mol. The van der Waals surface area contributed by atoms with Gasteiger partial charge in [-0.05, 0) is 29.8 Å². The van der Waals surface area contributed by atoms with E-state index in [0.29, 0.717) is 39.2 Å². The number of anilines is 1. The summed E-state index contributed by atoms with van der Waals surface area (Å²) in [4.78, 5) is 8.57. The van der Waals surface area contributed by atoms with Crippen molar-refractivity contribution in [1.29, 1.82) is 0 Å². The first-order valence-corrected chi connectivity index (χ1v) is 8.31. The molecule has 0 aliphatic heterocycles. The van der Waals surface area contributed by atoms with Gasteiger partial charge in [0.15, 0.2) is 5.82 Å². The molecule has 0 saturated heterocycles. The quantitative estimate of drug-likeness (QED) is 0.534. The van der Waals surface area contributed by atoms with E-state index in [-0.39, 0.29) is 0 Å². The molecular formula is C18H12Cl2N4O. The van der Waals surface area contributed by atoms with Crippen LogP contribution in [0, 0.1) is 0 Å². The number of hydrogen-bond donors (Lipinski definition) is 1. The van der Waals surface area contributed by atoms with Gasteiger partial charge in [-0.2, -0.15) is 0 Å². The number of nitrogens with one attached hydrogen (secondary N) is 1. The highest BCUT2D eigenvalue weighted by atomic mass is 35.5. The summed E-state index contributed by atoms with van der Waals surface area (Å²) < 4.78 is 5.48. The van der Waals surface area contributed by atoms with Crippen molar-refractivity contribution >= 4 is 40.1 Å². The van der Waals surface area contributed by atoms with Gasteiger partial charge >= 0.3 is 0 Å². The smallest absolute Gasteiger partial charge is 0.228 e. The maximum absolute atomic E-state index is 5.94. The van der Waals surface area contributed by atoms with Crippen molar-refractivity contribution in [1.82, 2.24) is 15.1 Å². The van der Waals surface area contributed by atoms with E-state index in [0.717, 1.165) is 11.1 Å². The molecule has 4 aromatic rings. The largest absolute Gasteiger partial charge is 0.363 e. The molecule has 4 rings (SSSR count). The van der Waals surface area contributed by atoms with Crippen molar-refractivity contribution in [2.45, 2.75) is 6.54 Å². The van der Waals surface area contributed by atoms with Crippen LogP contribution in [0.5, 0.6) is 0 Å². The Balaban J connectivity index is 1.64. The van der Waals surface area contributed by atoms with Crippen LogP contribution >= 0.6 is 23.2 Å². The molecule has 0 saturated carbocycles. The van der Waals surface area contributed by atoms with Crippen LogP contribution in [-0.4, -0.2) is 15.1 Å². The zero-order valence-electron chi connectivity index (χ0n) is 12.9. The summed E-state index contributed by atoms with van der Waals surface area (Å²) in [6, 6.07) is 15.0. The van der Waals surface area contributed by atoms with Gasteiger partial charge in [0.1, 0.15) is 17.5 Å². The topological polar surface area (TPSA) is 63.8 Å². The number of rotatable bonds is 4. The van der Waals surface area contributed by atoms with Crippen LogP contribution in [0.1, 0.15) is 5.56 Å². The first-order valence-electron chi connectivity index (χ1n) is 7.55. The highest BCUT2D eigenvalue weighted by Gasteiger charge is 2.16. The van der Waals surface area contributed by atoms with Crippen molar-refractivity contribution in [2.75, 3.05) is 5.32 Å². The number of aromatic nitrogens is 3. The maximum atomic E-state index is 5.94. The minimum Gasteiger partial charge on any atom is -0.363 e. The van der Waals surface area contributed by atoms with Gasteiger partial charge in [-0.25, -0.2) is 9.97 Å². The Kier molecular flexibility index (Phi) is 4.26. The molecule has 124 valence electrons. The number of halogens is 2. The van der Waals surface area contributed by atoms with Crippen LogP contribution in [0.2, 0.25) is 10.0 Å². The fourth-order valence-corrected chi connectivity index (χ4v) is 2.73. The van der Waals surface area contributed by atoms with Crippen LogP contribution < -0.4 is 5.32 Å². The molecule has 0 aliphatic rings. The van der Waals surface area contributed by atoms with Gasteiger partial charge in [0.25, 0.3) is 0 Å². The molecule has 1 N–H and O–H groups in total. The third-order valence-corrected chi connectivity index (χ3v) is 4.25. The lowest BCUT2D eigenvalue weighted by Gasteiger charge is -2.05. The Morgan fingerprint density at radius 1 is 0.880 bits per heavy atom. The minimum atomic E-state index is 0.515. The first-order chi connectivity index (χ1) is 12.2. The summed E-state index contributed by atoms with van der Waals surface area (Å²) in [7, 11) is 0. The Bertz CT molecular complexity index is 1010. The van der Waals surface area contributed by atoms with E-state index >= 15 is 0 Å². The van der Waals surface area contributed by atoms with Crippen LogP contribution in [0.15, 0.2) is 59.4 Å². The molecule has 0 radical (unpaired) electrons. The summed E-state index contributed by atoms with van der Waals surface area (Å²) in [5.41, 5.74) is 3.78. The van der Waals surface area contributed by atoms with Crippen molar-refractivity contribution in [3.05, 3.63) is 70.5 Å².